The summed E-state index contributed by atoms with van der Waals surface area (Å²) in [5, 5.41) is 9.54. The molecule has 1 aromatic rings. The average molecular weight is 232 g/mol. The van der Waals surface area contributed by atoms with Gasteiger partial charge >= 0.3 is 5.97 Å². The van der Waals surface area contributed by atoms with E-state index in [0.717, 1.165) is 24.8 Å². The molecule has 2 atom stereocenters. The average Bonchev–Trinajstić information content (AvgIpc) is 2.22. The molecule has 1 spiro atoms. The lowest BCUT2D eigenvalue weighted by Crippen LogP contribution is -2.55. The molecule has 3 rings (SSSR count). The molecular formula is C14H16O3. The maximum Gasteiger partial charge on any atom is 0.309 e. The van der Waals surface area contributed by atoms with Crippen LogP contribution in [0.25, 0.3) is 0 Å². The third kappa shape index (κ3) is 1.31. The summed E-state index contributed by atoms with van der Waals surface area (Å²) in [5.41, 5.74) is 2.39. The molecule has 0 unspecified atom stereocenters. The fraction of sp³-hybridized carbons (Fsp3) is 0.500. The van der Waals surface area contributed by atoms with Gasteiger partial charge in [0.1, 0.15) is 5.75 Å². The summed E-state index contributed by atoms with van der Waals surface area (Å²) in [6, 6.07) is 5.48. The van der Waals surface area contributed by atoms with Crippen molar-refractivity contribution < 1.29 is 14.6 Å². The van der Waals surface area contributed by atoms with Gasteiger partial charge in [-0.3, -0.25) is 4.79 Å². The number of fused-ring (bicyclic) bond motifs is 2. The molecule has 2 aliphatic carbocycles. The highest BCUT2D eigenvalue weighted by Gasteiger charge is 2.57. The van der Waals surface area contributed by atoms with Crippen LogP contribution < -0.4 is 0 Å². The van der Waals surface area contributed by atoms with Crippen LogP contribution in [0.2, 0.25) is 0 Å². The number of ether oxygens (including phenoxy) is 1. The van der Waals surface area contributed by atoms with Crippen LogP contribution in [0.4, 0.5) is 0 Å². The molecule has 0 amide bonds. The fourth-order valence-corrected chi connectivity index (χ4v) is 3.27. The van der Waals surface area contributed by atoms with Crippen molar-refractivity contribution in [1.29, 1.82) is 0 Å². The highest BCUT2D eigenvalue weighted by atomic mass is 16.5. The largest absolute Gasteiger partial charge is 0.508 e. The fourth-order valence-electron chi connectivity index (χ4n) is 3.27. The molecular weight excluding hydrogens is 216 g/mol. The molecule has 3 heteroatoms. The zero-order valence-electron chi connectivity index (χ0n) is 9.90. The van der Waals surface area contributed by atoms with Crippen molar-refractivity contribution in [3.63, 3.8) is 0 Å². The van der Waals surface area contributed by atoms with E-state index in [4.69, 9.17) is 4.74 Å². The Bertz CT molecular complexity index is 480. The normalized spacial score (nSPS) is 29.1. The highest BCUT2D eigenvalue weighted by Crippen LogP contribution is 2.59. The standard InChI is InChI=1S/C14H16O3/c1-2-17-13(16)11-5-6-14(11)8-9-3-4-10(15)7-12(9)14/h3-4,7,11,15H,2,5-6,8H2,1H3/t11-,14+/m0/s1. The number of esters is 1. The van der Waals surface area contributed by atoms with E-state index < -0.39 is 0 Å². The Morgan fingerprint density at radius 2 is 2.41 bits per heavy atom. The molecule has 1 aromatic carbocycles. The first kappa shape index (κ1) is 10.6. The molecule has 0 bridgehead atoms. The van der Waals surface area contributed by atoms with Crippen LogP contribution in [0.1, 0.15) is 30.9 Å². The van der Waals surface area contributed by atoms with E-state index in [1.54, 1.807) is 6.07 Å². The van der Waals surface area contributed by atoms with Gasteiger partial charge in [-0.1, -0.05) is 6.07 Å². The number of phenols is 1. The van der Waals surface area contributed by atoms with Crippen LogP contribution in [0.5, 0.6) is 5.75 Å². The number of carbonyl (C=O) groups excluding carboxylic acids is 1. The third-order valence-corrected chi connectivity index (χ3v) is 4.25. The summed E-state index contributed by atoms with van der Waals surface area (Å²) in [6.07, 6.45) is 2.90. The van der Waals surface area contributed by atoms with Crippen LogP contribution in [-0.4, -0.2) is 17.7 Å². The van der Waals surface area contributed by atoms with Crippen molar-refractivity contribution in [1.82, 2.24) is 0 Å². The molecule has 3 nitrogen and oxygen atoms in total. The number of aromatic hydroxyl groups is 1. The maximum absolute atomic E-state index is 11.8. The molecule has 90 valence electrons. The summed E-state index contributed by atoms with van der Waals surface area (Å²) < 4.78 is 5.12. The number of phenolic OH excluding ortho intramolecular Hbond substituents is 1. The molecule has 0 saturated heterocycles. The maximum atomic E-state index is 11.8. The molecule has 0 heterocycles. The summed E-state index contributed by atoms with van der Waals surface area (Å²) in [5.74, 6) is 0.210. The van der Waals surface area contributed by atoms with E-state index in [2.05, 4.69) is 0 Å². The second-order valence-corrected chi connectivity index (χ2v) is 5.02. The van der Waals surface area contributed by atoms with E-state index in [-0.39, 0.29) is 23.1 Å². The Kier molecular flexibility index (Phi) is 2.18. The zero-order valence-corrected chi connectivity index (χ0v) is 9.90. The van der Waals surface area contributed by atoms with Crippen molar-refractivity contribution in [3.05, 3.63) is 29.3 Å². The minimum Gasteiger partial charge on any atom is -0.508 e. The Labute approximate surface area is 100 Å². The molecule has 2 aliphatic rings. The third-order valence-electron chi connectivity index (χ3n) is 4.25. The predicted octanol–water partition coefficient (Wildman–Crippen LogP) is 2.16. The van der Waals surface area contributed by atoms with Gasteiger partial charge in [0.15, 0.2) is 0 Å². The van der Waals surface area contributed by atoms with Crippen molar-refractivity contribution in [2.75, 3.05) is 6.61 Å². The zero-order chi connectivity index (χ0) is 12.0. The summed E-state index contributed by atoms with van der Waals surface area (Å²) in [7, 11) is 0. The van der Waals surface area contributed by atoms with E-state index in [0.29, 0.717) is 6.61 Å². The minimum absolute atomic E-state index is 0.00301. The lowest BCUT2D eigenvalue weighted by molar-refractivity contribution is -0.156. The van der Waals surface area contributed by atoms with Gasteiger partial charge in [0.05, 0.1) is 12.5 Å². The Balaban J connectivity index is 1.88. The molecule has 1 fully saturated rings. The van der Waals surface area contributed by atoms with Crippen molar-refractivity contribution in [2.45, 2.75) is 31.6 Å². The van der Waals surface area contributed by atoms with Crippen molar-refractivity contribution in [2.24, 2.45) is 5.92 Å². The number of carbonyl (C=O) groups is 1. The molecule has 1 saturated carbocycles. The number of hydrogen-bond acceptors (Lipinski definition) is 3. The molecule has 1 N–H and O–H groups in total. The van der Waals surface area contributed by atoms with E-state index >= 15 is 0 Å². The molecule has 0 radical (unpaired) electrons. The van der Waals surface area contributed by atoms with Gasteiger partial charge in [-0.2, -0.15) is 0 Å². The van der Waals surface area contributed by atoms with E-state index in [9.17, 15) is 9.90 Å². The highest BCUT2D eigenvalue weighted by molar-refractivity contribution is 5.78. The Hall–Kier alpha value is -1.51. The first-order chi connectivity index (χ1) is 8.17. The predicted molar refractivity (Wildman–Crippen MR) is 62.8 cm³/mol. The van der Waals surface area contributed by atoms with Crippen LogP contribution in [-0.2, 0) is 21.4 Å². The Morgan fingerprint density at radius 1 is 1.59 bits per heavy atom. The molecule has 17 heavy (non-hydrogen) atoms. The van der Waals surface area contributed by atoms with Crippen LogP contribution >= 0.6 is 0 Å². The first-order valence-electron chi connectivity index (χ1n) is 6.16. The van der Waals surface area contributed by atoms with Crippen LogP contribution in [0, 0.1) is 5.92 Å². The topological polar surface area (TPSA) is 46.5 Å². The number of rotatable bonds is 2. The van der Waals surface area contributed by atoms with Gasteiger partial charge in [0.2, 0.25) is 0 Å². The molecule has 0 aromatic heterocycles. The summed E-state index contributed by atoms with van der Waals surface area (Å²) >= 11 is 0. The Morgan fingerprint density at radius 3 is 3.06 bits per heavy atom. The summed E-state index contributed by atoms with van der Waals surface area (Å²) in [4.78, 5) is 11.8. The van der Waals surface area contributed by atoms with Gasteiger partial charge in [0, 0.05) is 5.41 Å². The van der Waals surface area contributed by atoms with E-state index in [1.165, 1.54) is 5.56 Å². The summed E-state index contributed by atoms with van der Waals surface area (Å²) in [6.45, 7) is 2.28. The van der Waals surface area contributed by atoms with Gasteiger partial charge in [0.25, 0.3) is 0 Å². The van der Waals surface area contributed by atoms with Gasteiger partial charge < -0.3 is 9.84 Å². The van der Waals surface area contributed by atoms with Gasteiger partial charge in [-0.05, 0) is 49.4 Å². The van der Waals surface area contributed by atoms with Crippen LogP contribution in [0.15, 0.2) is 18.2 Å². The number of benzene rings is 1. The smallest absolute Gasteiger partial charge is 0.309 e. The lowest BCUT2D eigenvalue weighted by atomic mass is 9.47. The quantitative estimate of drug-likeness (QED) is 0.795. The van der Waals surface area contributed by atoms with Crippen molar-refractivity contribution >= 4 is 5.97 Å². The molecule has 0 aliphatic heterocycles. The second-order valence-electron chi connectivity index (χ2n) is 5.02. The van der Waals surface area contributed by atoms with E-state index in [1.807, 2.05) is 19.1 Å². The van der Waals surface area contributed by atoms with Crippen molar-refractivity contribution in [3.8, 4) is 5.75 Å². The minimum atomic E-state index is -0.0762. The lowest BCUT2D eigenvalue weighted by Gasteiger charge is -2.55. The van der Waals surface area contributed by atoms with Gasteiger partial charge in [-0.15, -0.1) is 0 Å². The monoisotopic (exact) mass is 232 g/mol. The van der Waals surface area contributed by atoms with Crippen LogP contribution in [0.3, 0.4) is 0 Å². The SMILES string of the molecule is CCOC(=O)[C@@H]1CC[C@@]12Cc1ccc(O)cc12. The second kappa shape index (κ2) is 3.49. The number of hydrogen-bond donors (Lipinski definition) is 1. The van der Waals surface area contributed by atoms with Gasteiger partial charge in [-0.25, -0.2) is 0 Å². The first-order valence-corrected chi connectivity index (χ1v) is 6.16.